The first kappa shape index (κ1) is 13.2. The molecule has 0 aromatic heterocycles. The summed E-state index contributed by atoms with van der Waals surface area (Å²) >= 11 is 0. The molecule has 0 atom stereocenters. The zero-order valence-corrected chi connectivity index (χ0v) is 12.9. The molecule has 2 aromatic carbocycles. The number of hydrogen-bond donors (Lipinski definition) is 0. The van der Waals surface area contributed by atoms with Crippen molar-refractivity contribution in [3.05, 3.63) is 42.5 Å². The first-order chi connectivity index (χ1) is 8.29. The molecule has 0 saturated carbocycles. The van der Waals surface area contributed by atoms with E-state index in [1.807, 2.05) is 12.1 Å². The van der Waals surface area contributed by atoms with Crippen molar-refractivity contribution in [3.8, 4) is 5.75 Å². The van der Waals surface area contributed by atoms with E-state index in [0.717, 1.165) is 5.75 Å². The second kappa shape index (κ2) is 4.43. The molecule has 1 radical (unpaired) electrons. The average molecular weight is 257 g/mol. The van der Waals surface area contributed by atoms with Crippen LogP contribution >= 0.6 is 0 Å². The lowest BCUT2D eigenvalue weighted by Crippen LogP contribution is -2.43. The molecular weight excluding hydrogens is 236 g/mol. The first-order valence-electron chi connectivity index (χ1n) is 6.38. The molecule has 0 aliphatic heterocycles. The van der Waals surface area contributed by atoms with E-state index >= 15 is 0 Å². The van der Waals surface area contributed by atoms with Gasteiger partial charge in [0.25, 0.3) is 0 Å². The largest absolute Gasteiger partial charge is 0.543 e. The first-order valence-corrected chi connectivity index (χ1v) is 9.29. The molecule has 2 rings (SSSR count). The summed E-state index contributed by atoms with van der Waals surface area (Å²) in [6, 6.07) is 15.4. The van der Waals surface area contributed by atoms with Gasteiger partial charge in [-0.3, -0.25) is 0 Å². The van der Waals surface area contributed by atoms with Gasteiger partial charge in [0.2, 0.25) is 8.32 Å². The fourth-order valence-electron chi connectivity index (χ4n) is 1.62. The van der Waals surface area contributed by atoms with Gasteiger partial charge in [-0.25, -0.2) is 0 Å². The van der Waals surface area contributed by atoms with Crippen LogP contribution in [0.15, 0.2) is 36.4 Å². The maximum atomic E-state index is 6.30. The molecule has 2 aromatic rings. The lowest BCUT2D eigenvalue weighted by Gasteiger charge is -2.36. The molecule has 2 heteroatoms. The summed E-state index contributed by atoms with van der Waals surface area (Å²) in [6.45, 7) is 11.3. The van der Waals surface area contributed by atoms with Crippen molar-refractivity contribution in [2.45, 2.75) is 38.9 Å². The van der Waals surface area contributed by atoms with E-state index in [9.17, 15) is 0 Å². The molecule has 18 heavy (non-hydrogen) atoms. The predicted molar refractivity (Wildman–Crippen MR) is 80.6 cm³/mol. The van der Waals surface area contributed by atoms with Crippen molar-refractivity contribution in [2.75, 3.05) is 0 Å². The molecule has 1 nitrogen and oxygen atoms in total. The van der Waals surface area contributed by atoms with Gasteiger partial charge in [-0.1, -0.05) is 39.0 Å². The van der Waals surface area contributed by atoms with E-state index in [-0.39, 0.29) is 5.04 Å². The lowest BCUT2D eigenvalue weighted by atomic mass is 10.1. The second-order valence-electron chi connectivity index (χ2n) is 6.30. The third-order valence-corrected chi connectivity index (χ3v) is 8.19. The monoisotopic (exact) mass is 257 g/mol. The summed E-state index contributed by atoms with van der Waals surface area (Å²) in [7, 11) is -1.74. The minimum absolute atomic E-state index is 0.227. The molecule has 0 saturated heterocycles. The van der Waals surface area contributed by atoms with Crippen LogP contribution in [-0.2, 0) is 0 Å². The average Bonchev–Trinajstić information content (AvgIpc) is 2.27. The fraction of sp³-hybridized carbons (Fsp3) is 0.375. The lowest BCUT2D eigenvalue weighted by molar-refractivity contribution is 0.493. The molecule has 0 amide bonds. The summed E-state index contributed by atoms with van der Waals surface area (Å²) in [5.74, 6) is 0.980. The molecule has 0 fully saturated rings. The standard InChI is InChI=1S/C16H21OSi/c1-16(2,3)18(4,5)17-15-11-10-13-8-6-7-9-14(13)12-15/h6,8-12H,1-5H3. The Morgan fingerprint density at radius 2 is 1.78 bits per heavy atom. The minimum Gasteiger partial charge on any atom is -0.543 e. The van der Waals surface area contributed by atoms with Crippen LogP contribution in [0.25, 0.3) is 10.8 Å². The Morgan fingerprint density at radius 1 is 1.06 bits per heavy atom. The Labute approximate surface area is 111 Å². The zero-order chi connectivity index (χ0) is 13.4. The SMILES string of the molecule is CC(C)(C)[Si](C)(C)Oc1ccc2cc[c]cc2c1. The summed E-state index contributed by atoms with van der Waals surface area (Å²) in [5.41, 5.74) is 0. The molecule has 0 aliphatic carbocycles. The fourth-order valence-corrected chi connectivity index (χ4v) is 2.64. The van der Waals surface area contributed by atoms with Gasteiger partial charge in [0, 0.05) is 0 Å². The van der Waals surface area contributed by atoms with Gasteiger partial charge in [0.1, 0.15) is 5.75 Å². The molecule has 0 bridgehead atoms. The summed E-state index contributed by atoms with van der Waals surface area (Å²) in [6.07, 6.45) is 0. The number of benzene rings is 2. The van der Waals surface area contributed by atoms with E-state index in [4.69, 9.17) is 4.43 Å². The summed E-state index contributed by atoms with van der Waals surface area (Å²) < 4.78 is 6.30. The van der Waals surface area contributed by atoms with Crippen LogP contribution in [0.2, 0.25) is 18.1 Å². The summed E-state index contributed by atoms with van der Waals surface area (Å²) in [4.78, 5) is 0. The van der Waals surface area contributed by atoms with Crippen molar-refractivity contribution in [1.82, 2.24) is 0 Å². The van der Waals surface area contributed by atoms with Crippen molar-refractivity contribution in [2.24, 2.45) is 0 Å². The van der Waals surface area contributed by atoms with Crippen LogP contribution in [0.4, 0.5) is 0 Å². The molecule has 0 N–H and O–H groups in total. The van der Waals surface area contributed by atoms with Crippen molar-refractivity contribution in [1.29, 1.82) is 0 Å². The Kier molecular flexibility index (Phi) is 3.24. The molecule has 0 unspecified atom stereocenters. The number of fused-ring (bicyclic) bond motifs is 1. The van der Waals surface area contributed by atoms with Gasteiger partial charge in [-0.15, -0.1) is 0 Å². The van der Waals surface area contributed by atoms with Crippen molar-refractivity contribution >= 4 is 19.1 Å². The van der Waals surface area contributed by atoms with Crippen LogP contribution in [0.1, 0.15) is 20.8 Å². The number of hydrogen-bond acceptors (Lipinski definition) is 1. The van der Waals surface area contributed by atoms with Crippen molar-refractivity contribution < 1.29 is 4.43 Å². The maximum absolute atomic E-state index is 6.30. The van der Waals surface area contributed by atoms with Gasteiger partial charge in [-0.2, -0.15) is 0 Å². The normalized spacial score (nSPS) is 12.7. The van der Waals surface area contributed by atoms with E-state index in [0.29, 0.717) is 0 Å². The van der Waals surface area contributed by atoms with Gasteiger partial charge in [-0.05, 0) is 53.2 Å². The predicted octanol–water partition coefficient (Wildman–Crippen LogP) is 5.02. The van der Waals surface area contributed by atoms with E-state index < -0.39 is 8.32 Å². The van der Waals surface area contributed by atoms with Gasteiger partial charge in [0.05, 0.1) is 0 Å². The van der Waals surface area contributed by atoms with Gasteiger partial charge < -0.3 is 4.43 Å². The smallest absolute Gasteiger partial charge is 0.250 e. The van der Waals surface area contributed by atoms with Crippen LogP contribution in [0, 0.1) is 6.07 Å². The quantitative estimate of drug-likeness (QED) is 0.686. The van der Waals surface area contributed by atoms with E-state index in [1.54, 1.807) is 0 Å². The second-order valence-corrected chi connectivity index (χ2v) is 11.0. The highest BCUT2D eigenvalue weighted by molar-refractivity contribution is 6.74. The van der Waals surface area contributed by atoms with E-state index in [2.05, 4.69) is 64.2 Å². The van der Waals surface area contributed by atoms with Crippen LogP contribution in [0.3, 0.4) is 0 Å². The third kappa shape index (κ3) is 2.59. The van der Waals surface area contributed by atoms with Gasteiger partial charge in [0.15, 0.2) is 0 Å². The van der Waals surface area contributed by atoms with Gasteiger partial charge >= 0.3 is 0 Å². The number of rotatable bonds is 2. The Balaban J connectivity index is 2.33. The van der Waals surface area contributed by atoms with Crippen LogP contribution in [-0.4, -0.2) is 8.32 Å². The van der Waals surface area contributed by atoms with Crippen molar-refractivity contribution in [3.63, 3.8) is 0 Å². The van der Waals surface area contributed by atoms with E-state index in [1.165, 1.54) is 10.8 Å². The highest BCUT2D eigenvalue weighted by Crippen LogP contribution is 2.37. The molecular formula is C16H21OSi. The van der Waals surface area contributed by atoms with Crippen LogP contribution in [0.5, 0.6) is 5.75 Å². The third-order valence-electron chi connectivity index (χ3n) is 3.84. The molecule has 0 heterocycles. The highest BCUT2D eigenvalue weighted by atomic mass is 28.4. The Morgan fingerprint density at radius 3 is 2.44 bits per heavy atom. The maximum Gasteiger partial charge on any atom is 0.250 e. The zero-order valence-electron chi connectivity index (χ0n) is 11.9. The molecule has 0 aliphatic rings. The highest BCUT2D eigenvalue weighted by Gasteiger charge is 2.38. The minimum atomic E-state index is -1.74. The van der Waals surface area contributed by atoms with Crippen LogP contribution < -0.4 is 4.43 Å². The molecule has 95 valence electrons. The Bertz CT molecular complexity index is 552. The Hall–Kier alpha value is -1.28. The summed E-state index contributed by atoms with van der Waals surface area (Å²) in [5, 5.41) is 2.65. The topological polar surface area (TPSA) is 9.23 Å². The molecule has 0 spiro atoms.